The van der Waals surface area contributed by atoms with Crippen LogP contribution in [-0.4, -0.2) is 42.5 Å². The lowest BCUT2D eigenvalue weighted by Crippen LogP contribution is -2.37. The first-order chi connectivity index (χ1) is 13.7. The van der Waals surface area contributed by atoms with Crippen molar-refractivity contribution < 1.29 is 9.53 Å². The lowest BCUT2D eigenvalue weighted by molar-refractivity contribution is -0.122. The van der Waals surface area contributed by atoms with Crippen LogP contribution in [0.1, 0.15) is 29.5 Å². The molecule has 2 heterocycles. The number of methoxy groups -OCH3 is 1. The zero-order chi connectivity index (χ0) is 19.3. The van der Waals surface area contributed by atoms with Crippen LogP contribution < -0.4 is 10.1 Å². The SMILES string of the molecule is COc1ccc(C2CCCN2CC(=O)NCCc2nc3ccccc3s2)cc1. The lowest BCUT2D eigenvalue weighted by atomic mass is 10.0. The van der Waals surface area contributed by atoms with Gasteiger partial charge in [0.15, 0.2) is 0 Å². The number of para-hydroxylation sites is 1. The standard InChI is InChI=1S/C22H25N3O2S/c1-27-17-10-8-16(9-11-17)19-6-4-14-25(19)15-21(26)23-13-12-22-24-18-5-2-3-7-20(18)28-22/h2-3,5,7-11,19H,4,6,12-15H2,1H3,(H,23,26). The second-order valence-electron chi connectivity index (χ2n) is 7.08. The quantitative estimate of drug-likeness (QED) is 0.661. The van der Waals surface area contributed by atoms with Gasteiger partial charge in [-0.25, -0.2) is 4.98 Å². The molecule has 0 bridgehead atoms. The summed E-state index contributed by atoms with van der Waals surface area (Å²) < 4.78 is 6.44. The van der Waals surface area contributed by atoms with E-state index in [2.05, 4.69) is 33.4 Å². The van der Waals surface area contributed by atoms with E-state index in [0.29, 0.717) is 19.1 Å². The lowest BCUT2D eigenvalue weighted by Gasteiger charge is -2.24. The van der Waals surface area contributed by atoms with Gasteiger partial charge in [-0.15, -0.1) is 11.3 Å². The van der Waals surface area contributed by atoms with Crippen LogP contribution in [0.5, 0.6) is 5.75 Å². The molecule has 5 nitrogen and oxygen atoms in total. The number of hydrogen-bond acceptors (Lipinski definition) is 5. The van der Waals surface area contributed by atoms with E-state index in [1.165, 1.54) is 10.3 Å². The molecule has 1 aliphatic rings. The molecule has 146 valence electrons. The molecule has 0 radical (unpaired) electrons. The summed E-state index contributed by atoms with van der Waals surface area (Å²) in [6.07, 6.45) is 2.98. The Labute approximate surface area is 169 Å². The molecule has 1 N–H and O–H groups in total. The van der Waals surface area contributed by atoms with Crippen molar-refractivity contribution in [3.63, 3.8) is 0 Å². The average molecular weight is 396 g/mol. The van der Waals surface area contributed by atoms with E-state index >= 15 is 0 Å². The molecule has 1 atom stereocenters. The van der Waals surface area contributed by atoms with E-state index in [0.717, 1.165) is 42.1 Å². The number of ether oxygens (including phenoxy) is 1. The minimum Gasteiger partial charge on any atom is -0.497 e. The van der Waals surface area contributed by atoms with E-state index in [1.807, 2.05) is 30.3 Å². The highest BCUT2D eigenvalue weighted by Gasteiger charge is 2.27. The monoisotopic (exact) mass is 395 g/mol. The van der Waals surface area contributed by atoms with Crippen LogP contribution in [-0.2, 0) is 11.2 Å². The van der Waals surface area contributed by atoms with Crippen LogP contribution in [0, 0.1) is 0 Å². The number of nitrogens with zero attached hydrogens (tertiary/aromatic N) is 2. The Kier molecular flexibility index (Phi) is 5.88. The molecule has 1 fully saturated rings. The normalized spacial score (nSPS) is 17.1. The highest BCUT2D eigenvalue weighted by molar-refractivity contribution is 7.18. The third kappa shape index (κ3) is 4.34. The summed E-state index contributed by atoms with van der Waals surface area (Å²) >= 11 is 1.70. The molecule has 1 amide bonds. The summed E-state index contributed by atoms with van der Waals surface area (Å²) in [7, 11) is 1.68. The molecule has 0 spiro atoms. The summed E-state index contributed by atoms with van der Waals surface area (Å²) in [4.78, 5) is 19.3. The molecule has 28 heavy (non-hydrogen) atoms. The molecular formula is C22H25N3O2S. The van der Waals surface area contributed by atoms with Gasteiger partial charge in [0, 0.05) is 19.0 Å². The van der Waals surface area contributed by atoms with Gasteiger partial charge in [-0.1, -0.05) is 24.3 Å². The molecule has 1 aromatic heterocycles. The topological polar surface area (TPSA) is 54.5 Å². The molecule has 1 aliphatic heterocycles. The number of likely N-dealkylation sites (tertiary alicyclic amines) is 1. The Morgan fingerprint density at radius 1 is 1.25 bits per heavy atom. The van der Waals surface area contributed by atoms with Crippen molar-refractivity contribution in [3.05, 3.63) is 59.1 Å². The van der Waals surface area contributed by atoms with Gasteiger partial charge in [-0.3, -0.25) is 9.69 Å². The second kappa shape index (κ2) is 8.71. The van der Waals surface area contributed by atoms with Crippen molar-refractivity contribution in [1.29, 1.82) is 0 Å². The first-order valence-corrected chi connectivity index (χ1v) is 10.5. The predicted molar refractivity (Wildman–Crippen MR) is 113 cm³/mol. The van der Waals surface area contributed by atoms with Crippen molar-refractivity contribution in [2.45, 2.75) is 25.3 Å². The number of carbonyl (C=O) groups excluding carboxylic acids is 1. The van der Waals surface area contributed by atoms with Gasteiger partial charge in [0.25, 0.3) is 0 Å². The highest BCUT2D eigenvalue weighted by atomic mass is 32.1. The number of nitrogens with one attached hydrogen (secondary N) is 1. The van der Waals surface area contributed by atoms with Crippen molar-refractivity contribution in [3.8, 4) is 5.75 Å². The first kappa shape index (κ1) is 18.9. The number of hydrogen-bond donors (Lipinski definition) is 1. The number of aromatic nitrogens is 1. The number of benzene rings is 2. The zero-order valence-electron chi connectivity index (χ0n) is 16.1. The van der Waals surface area contributed by atoms with Gasteiger partial charge in [-0.2, -0.15) is 0 Å². The fourth-order valence-electron chi connectivity index (χ4n) is 3.80. The second-order valence-corrected chi connectivity index (χ2v) is 8.19. The van der Waals surface area contributed by atoms with Crippen LogP contribution in [0.15, 0.2) is 48.5 Å². The first-order valence-electron chi connectivity index (χ1n) is 9.72. The van der Waals surface area contributed by atoms with Crippen LogP contribution in [0.4, 0.5) is 0 Å². The van der Waals surface area contributed by atoms with E-state index in [9.17, 15) is 4.79 Å². The van der Waals surface area contributed by atoms with Crippen molar-refractivity contribution in [1.82, 2.24) is 15.2 Å². The third-order valence-electron chi connectivity index (χ3n) is 5.21. The van der Waals surface area contributed by atoms with Gasteiger partial charge < -0.3 is 10.1 Å². The molecule has 3 aromatic rings. The number of carbonyl (C=O) groups is 1. The number of rotatable bonds is 7. The van der Waals surface area contributed by atoms with E-state index in [4.69, 9.17) is 4.74 Å². The van der Waals surface area contributed by atoms with Crippen molar-refractivity contribution in [2.75, 3.05) is 26.7 Å². The maximum Gasteiger partial charge on any atom is 0.234 e. The molecule has 0 saturated carbocycles. The highest BCUT2D eigenvalue weighted by Crippen LogP contribution is 2.32. The Bertz CT molecular complexity index is 905. The molecular weight excluding hydrogens is 370 g/mol. The number of amides is 1. The van der Waals surface area contributed by atoms with Gasteiger partial charge in [0.2, 0.25) is 5.91 Å². The Hall–Kier alpha value is -2.44. The molecule has 2 aromatic carbocycles. The van der Waals surface area contributed by atoms with Gasteiger partial charge >= 0.3 is 0 Å². The summed E-state index contributed by atoms with van der Waals surface area (Å²) in [5.41, 5.74) is 2.29. The molecule has 1 unspecified atom stereocenters. The largest absolute Gasteiger partial charge is 0.497 e. The molecule has 6 heteroatoms. The average Bonchev–Trinajstić information content (AvgIpc) is 3.34. The van der Waals surface area contributed by atoms with Crippen LogP contribution in [0.3, 0.4) is 0 Å². The fraction of sp³-hybridized carbons (Fsp3) is 0.364. The maximum absolute atomic E-state index is 12.4. The molecule has 0 aliphatic carbocycles. The Morgan fingerprint density at radius 2 is 2.07 bits per heavy atom. The van der Waals surface area contributed by atoms with E-state index in [1.54, 1.807) is 18.4 Å². The van der Waals surface area contributed by atoms with Gasteiger partial charge in [0.1, 0.15) is 5.75 Å². The van der Waals surface area contributed by atoms with Gasteiger partial charge in [0.05, 0.1) is 28.9 Å². The van der Waals surface area contributed by atoms with Crippen molar-refractivity contribution in [2.24, 2.45) is 0 Å². The minimum absolute atomic E-state index is 0.0847. The van der Waals surface area contributed by atoms with Crippen LogP contribution in [0.2, 0.25) is 0 Å². The molecule has 4 rings (SSSR count). The fourth-order valence-corrected chi connectivity index (χ4v) is 4.76. The smallest absolute Gasteiger partial charge is 0.234 e. The molecule has 1 saturated heterocycles. The Balaban J connectivity index is 1.28. The number of thiazole rings is 1. The van der Waals surface area contributed by atoms with E-state index < -0.39 is 0 Å². The van der Waals surface area contributed by atoms with Crippen LogP contribution in [0.25, 0.3) is 10.2 Å². The maximum atomic E-state index is 12.4. The predicted octanol–water partition coefficient (Wildman–Crippen LogP) is 3.80. The van der Waals surface area contributed by atoms with Gasteiger partial charge in [-0.05, 0) is 49.2 Å². The summed E-state index contributed by atoms with van der Waals surface area (Å²) in [6.45, 7) is 2.03. The summed E-state index contributed by atoms with van der Waals surface area (Å²) in [5, 5.41) is 4.13. The minimum atomic E-state index is 0.0847. The summed E-state index contributed by atoms with van der Waals surface area (Å²) in [5.74, 6) is 0.947. The van der Waals surface area contributed by atoms with E-state index in [-0.39, 0.29) is 5.91 Å². The number of fused-ring (bicyclic) bond motifs is 1. The zero-order valence-corrected chi connectivity index (χ0v) is 16.9. The third-order valence-corrected chi connectivity index (χ3v) is 6.31. The Morgan fingerprint density at radius 3 is 2.86 bits per heavy atom. The summed E-state index contributed by atoms with van der Waals surface area (Å²) in [6, 6.07) is 16.6. The van der Waals surface area contributed by atoms with Crippen molar-refractivity contribution >= 4 is 27.5 Å². The van der Waals surface area contributed by atoms with Crippen LogP contribution >= 0.6 is 11.3 Å².